The van der Waals surface area contributed by atoms with Crippen LogP contribution in [0, 0.1) is 10.1 Å². The van der Waals surface area contributed by atoms with E-state index in [1.807, 2.05) is 30.3 Å². The number of nitrogens with zero attached hydrogens (tertiary/aromatic N) is 1. The van der Waals surface area contributed by atoms with Gasteiger partial charge in [-0.1, -0.05) is 30.3 Å². The molecule has 7 heteroatoms. The third kappa shape index (κ3) is 4.01. The Morgan fingerprint density at radius 3 is 2.65 bits per heavy atom. The van der Waals surface area contributed by atoms with E-state index < -0.39 is 11.5 Å². The highest BCUT2D eigenvalue weighted by Gasteiger charge is 2.41. The first-order valence-electron chi connectivity index (χ1n) is 6.37. The second kappa shape index (κ2) is 6.44. The Labute approximate surface area is 116 Å². The van der Waals surface area contributed by atoms with Crippen LogP contribution in [-0.2, 0) is 16.1 Å². The molecule has 0 amide bonds. The highest BCUT2D eigenvalue weighted by Crippen LogP contribution is 2.11. The number of rotatable bonds is 7. The zero-order valence-corrected chi connectivity index (χ0v) is 11.0. The fourth-order valence-electron chi connectivity index (χ4n) is 2.02. The fourth-order valence-corrected chi connectivity index (χ4v) is 2.02. The number of benzene rings is 1. The summed E-state index contributed by atoms with van der Waals surface area (Å²) in [6, 6.07) is 9.36. The minimum absolute atomic E-state index is 0.0254. The molecule has 1 aromatic carbocycles. The SMILES string of the molecule is O=C(CNC1(C[N+](=O)[O-])CNC1)OCc1ccccc1. The number of nitrogens with one attached hydrogen (secondary N) is 2. The molecular formula is C13H17N3O4. The molecule has 1 fully saturated rings. The first kappa shape index (κ1) is 14.4. The first-order chi connectivity index (χ1) is 9.60. The first-order valence-corrected chi connectivity index (χ1v) is 6.37. The highest BCUT2D eigenvalue weighted by molar-refractivity contribution is 5.71. The van der Waals surface area contributed by atoms with Gasteiger partial charge in [0.25, 0.3) is 0 Å². The summed E-state index contributed by atoms with van der Waals surface area (Å²) < 4.78 is 5.11. The summed E-state index contributed by atoms with van der Waals surface area (Å²) in [7, 11) is 0. The molecular weight excluding hydrogens is 262 g/mol. The second-order valence-corrected chi connectivity index (χ2v) is 4.87. The third-order valence-corrected chi connectivity index (χ3v) is 3.21. The summed E-state index contributed by atoms with van der Waals surface area (Å²) in [6.45, 7) is 0.954. The molecule has 1 heterocycles. The number of esters is 1. The molecule has 0 saturated carbocycles. The van der Waals surface area contributed by atoms with Crippen LogP contribution in [0.3, 0.4) is 0 Å². The van der Waals surface area contributed by atoms with E-state index in [0.29, 0.717) is 13.1 Å². The van der Waals surface area contributed by atoms with E-state index in [0.717, 1.165) is 5.56 Å². The molecule has 1 aliphatic heterocycles. The van der Waals surface area contributed by atoms with Crippen LogP contribution in [0.25, 0.3) is 0 Å². The lowest BCUT2D eigenvalue weighted by Gasteiger charge is -2.39. The van der Waals surface area contributed by atoms with Crippen LogP contribution in [0.1, 0.15) is 5.56 Å². The van der Waals surface area contributed by atoms with Crippen molar-refractivity contribution in [1.82, 2.24) is 10.6 Å². The average molecular weight is 279 g/mol. The number of hydrogen-bond acceptors (Lipinski definition) is 6. The van der Waals surface area contributed by atoms with Crippen molar-refractivity contribution in [2.45, 2.75) is 12.1 Å². The predicted octanol–water partition coefficient (Wildman–Crippen LogP) is -0.0619. The molecule has 0 aliphatic carbocycles. The van der Waals surface area contributed by atoms with E-state index in [4.69, 9.17) is 4.74 Å². The molecule has 1 saturated heterocycles. The van der Waals surface area contributed by atoms with Crippen molar-refractivity contribution in [3.8, 4) is 0 Å². The van der Waals surface area contributed by atoms with Crippen molar-refractivity contribution in [2.24, 2.45) is 0 Å². The predicted molar refractivity (Wildman–Crippen MR) is 71.7 cm³/mol. The molecule has 1 aromatic rings. The van der Waals surface area contributed by atoms with Gasteiger partial charge in [0.15, 0.2) is 0 Å². The van der Waals surface area contributed by atoms with E-state index in [1.54, 1.807) is 0 Å². The Morgan fingerprint density at radius 1 is 1.40 bits per heavy atom. The molecule has 0 atom stereocenters. The van der Waals surface area contributed by atoms with Crippen molar-refractivity contribution in [1.29, 1.82) is 0 Å². The smallest absolute Gasteiger partial charge is 0.320 e. The molecule has 7 nitrogen and oxygen atoms in total. The summed E-state index contributed by atoms with van der Waals surface area (Å²) >= 11 is 0. The Morgan fingerprint density at radius 2 is 2.10 bits per heavy atom. The number of nitro groups is 1. The quantitative estimate of drug-likeness (QED) is 0.412. The van der Waals surface area contributed by atoms with Gasteiger partial charge < -0.3 is 10.1 Å². The van der Waals surface area contributed by atoms with Crippen LogP contribution >= 0.6 is 0 Å². The molecule has 108 valence electrons. The van der Waals surface area contributed by atoms with Gasteiger partial charge in [-0.25, -0.2) is 0 Å². The molecule has 2 rings (SSSR count). The maximum atomic E-state index is 11.6. The lowest BCUT2D eigenvalue weighted by atomic mass is 9.92. The van der Waals surface area contributed by atoms with Gasteiger partial charge in [0, 0.05) is 18.0 Å². The van der Waals surface area contributed by atoms with Crippen molar-refractivity contribution >= 4 is 5.97 Å². The Kier molecular flexibility index (Phi) is 4.65. The van der Waals surface area contributed by atoms with Crippen LogP contribution in [0.2, 0.25) is 0 Å². The van der Waals surface area contributed by atoms with E-state index in [9.17, 15) is 14.9 Å². The van der Waals surface area contributed by atoms with Gasteiger partial charge >= 0.3 is 5.97 Å². The Hall–Kier alpha value is -1.99. The average Bonchev–Trinajstić information content (AvgIpc) is 2.40. The zero-order valence-electron chi connectivity index (χ0n) is 11.0. The van der Waals surface area contributed by atoms with Crippen molar-refractivity contribution in [2.75, 3.05) is 26.2 Å². The zero-order chi connectivity index (χ0) is 14.4. The highest BCUT2D eigenvalue weighted by atomic mass is 16.6. The Balaban J connectivity index is 1.73. The molecule has 20 heavy (non-hydrogen) atoms. The summed E-state index contributed by atoms with van der Waals surface area (Å²) in [4.78, 5) is 21.8. The standard InChI is InChI=1S/C13H17N3O4/c17-12(20-7-11-4-2-1-3-5-11)6-15-13(8-14-9-13)10-16(18)19/h1-5,14-15H,6-10H2. The summed E-state index contributed by atoms with van der Waals surface area (Å²) in [6.07, 6.45) is 0. The largest absolute Gasteiger partial charge is 0.460 e. The van der Waals surface area contributed by atoms with Gasteiger partial charge in [-0.2, -0.15) is 0 Å². The fraction of sp³-hybridized carbons (Fsp3) is 0.462. The summed E-state index contributed by atoms with van der Waals surface area (Å²) in [5, 5.41) is 16.5. The maximum Gasteiger partial charge on any atom is 0.320 e. The summed E-state index contributed by atoms with van der Waals surface area (Å²) in [5.74, 6) is -0.413. The second-order valence-electron chi connectivity index (χ2n) is 4.87. The monoisotopic (exact) mass is 279 g/mol. The van der Waals surface area contributed by atoms with Gasteiger partial charge in [0.2, 0.25) is 6.54 Å². The van der Waals surface area contributed by atoms with Gasteiger partial charge in [-0.05, 0) is 5.56 Å². The molecule has 0 aromatic heterocycles. The topological polar surface area (TPSA) is 93.5 Å². The van der Waals surface area contributed by atoms with Crippen molar-refractivity contribution in [3.63, 3.8) is 0 Å². The minimum Gasteiger partial charge on any atom is -0.460 e. The number of carbonyl (C=O) groups excluding carboxylic acids is 1. The Bertz CT molecular complexity index is 474. The lowest BCUT2D eigenvalue weighted by molar-refractivity contribution is -0.492. The number of ether oxygens (including phenoxy) is 1. The van der Waals surface area contributed by atoms with Crippen LogP contribution in [0.5, 0.6) is 0 Å². The van der Waals surface area contributed by atoms with Gasteiger partial charge in [-0.3, -0.25) is 20.2 Å². The van der Waals surface area contributed by atoms with Crippen LogP contribution < -0.4 is 10.6 Å². The minimum atomic E-state index is -0.630. The van der Waals surface area contributed by atoms with Crippen LogP contribution in [0.15, 0.2) is 30.3 Å². The lowest BCUT2D eigenvalue weighted by Crippen LogP contribution is -2.71. The number of hydrogen-bond donors (Lipinski definition) is 2. The van der Waals surface area contributed by atoms with Gasteiger partial charge in [-0.15, -0.1) is 0 Å². The van der Waals surface area contributed by atoms with Crippen LogP contribution in [-0.4, -0.2) is 42.6 Å². The van der Waals surface area contributed by atoms with E-state index in [2.05, 4.69) is 10.6 Å². The van der Waals surface area contributed by atoms with Crippen LogP contribution in [0.4, 0.5) is 0 Å². The summed E-state index contributed by atoms with van der Waals surface area (Å²) in [5.41, 5.74) is 0.279. The van der Waals surface area contributed by atoms with Gasteiger partial charge in [0.05, 0.1) is 6.54 Å². The van der Waals surface area contributed by atoms with E-state index in [-0.39, 0.29) is 24.6 Å². The van der Waals surface area contributed by atoms with E-state index >= 15 is 0 Å². The molecule has 0 radical (unpaired) electrons. The van der Waals surface area contributed by atoms with Crippen molar-refractivity contribution < 1.29 is 14.5 Å². The maximum absolute atomic E-state index is 11.6. The third-order valence-electron chi connectivity index (χ3n) is 3.21. The van der Waals surface area contributed by atoms with Crippen molar-refractivity contribution in [3.05, 3.63) is 46.0 Å². The molecule has 0 bridgehead atoms. The molecule has 0 unspecified atom stereocenters. The van der Waals surface area contributed by atoms with E-state index in [1.165, 1.54) is 0 Å². The number of carbonyl (C=O) groups is 1. The normalized spacial score (nSPS) is 16.2. The van der Waals surface area contributed by atoms with Gasteiger partial charge in [0.1, 0.15) is 12.1 Å². The molecule has 2 N–H and O–H groups in total. The molecule has 0 spiro atoms. The molecule has 1 aliphatic rings.